The molecule has 1 aromatic heterocycles. The molecule has 2 aromatic carbocycles. The van der Waals surface area contributed by atoms with Crippen molar-refractivity contribution < 1.29 is 18.3 Å². The number of nitrogens with one attached hydrogen (secondary N) is 2. The van der Waals surface area contributed by atoms with Crippen LogP contribution in [0.4, 0.5) is 20.3 Å². The highest BCUT2D eigenvalue weighted by Gasteiger charge is 2.26. The first-order valence-corrected chi connectivity index (χ1v) is 8.66. The summed E-state index contributed by atoms with van der Waals surface area (Å²) in [6, 6.07) is 10.1. The van der Waals surface area contributed by atoms with Gasteiger partial charge >= 0.3 is 0 Å². The predicted molar refractivity (Wildman–Crippen MR) is 99.3 cm³/mol. The number of ether oxygens (including phenoxy) is 1. The first-order chi connectivity index (χ1) is 13.6. The van der Waals surface area contributed by atoms with E-state index in [0.717, 1.165) is 17.7 Å². The second-order valence-corrected chi connectivity index (χ2v) is 6.24. The molecule has 0 fully saturated rings. The topological polar surface area (TPSA) is 76.1 Å². The van der Waals surface area contributed by atoms with Crippen LogP contribution in [0.2, 0.25) is 0 Å². The van der Waals surface area contributed by atoms with Gasteiger partial charge in [-0.25, -0.2) is 18.7 Å². The Bertz CT molecular complexity index is 1010. The minimum atomic E-state index is -1.03. The molecule has 2 N–H and O–H groups in total. The number of hydrogen-bond donors (Lipinski definition) is 2. The molecule has 0 spiro atoms. The van der Waals surface area contributed by atoms with Crippen LogP contribution in [-0.4, -0.2) is 22.5 Å². The molecule has 1 unspecified atom stereocenters. The average molecular weight is 382 g/mol. The van der Waals surface area contributed by atoms with Gasteiger partial charge in [-0.15, -0.1) is 0 Å². The van der Waals surface area contributed by atoms with Gasteiger partial charge < -0.3 is 15.4 Å². The molecule has 8 heteroatoms. The Labute approximate surface area is 159 Å². The lowest BCUT2D eigenvalue weighted by Gasteiger charge is -2.28. The van der Waals surface area contributed by atoms with Crippen molar-refractivity contribution >= 4 is 17.4 Å². The number of nitrogens with zero attached hydrogens (tertiary/aromatic N) is 2. The van der Waals surface area contributed by atoms with Crippen LogP contribution >= 0.6 is 0 Å². The zero-order chi connectivity index (χ0) is 19.5. The summed E-state index contributed by atoms with van der Waals surface area (Å²) in [5.74, 6) is -1.34. The maximum absolute atomic E-state index is 13.4. The van der Waals surface area contributed by atoms with Crippen molar-refractivity contribution in [2.24, 2.45) is 0 Å². The number of aromatic nitrogens is 2. The number of hydrogen-bond acceptors (Lipinski definition) is 5. The molecule has 28 heavy (non-hydrogen) atoms. The van der Waals surface area contributed by atoms with Crippen molar-refractivity contribution in [2.45, 2.75) is 12.5 Å². The summed E-state index contributed by atoms with van der Waals surface area (Å²) in [4.78, 5) is 20.8. The molecule has 1 amide bonds. The molecule has 4 rings (SSSR count). The van der Waals surface area contributed by atoms with E-state index in [0.29, 0.717) is 30.2 Å². The lowest BCUT2D eigenvalue weighted by atomic mass is 9.97. The van der Waals surface area contributed by atoms with Crippen molar-refractivity contribution in [1.82, 2.24) is 9.97 Å². The highest BCUT2D eigenvalue weighted by atomic mass is 19.2. The van der Waals surface area contributed by atoms with Crippen LogP contribution in [0.5, 0.6) is 5.75 Å². The first-order valence-electron chi connectivity index (χ1n) is 8.66. The van der Waals surface area contributed by atoms with Gasteiger partial charge in [-0.1, -0.05) is 12.1 Å². The largest absolute Gasteiger partial charge is 0.492 e. The van der Waals surface area contributed by atoms with Gasteiger partial charge in [0, 0.05) is 29.9 Å². The van der Waals surface area contributed by atoms with Crippen molar-refractivity contribution in [3.05, 3.63) is 77.8 Å². The van der Waals surface area contributed by atoms with E-state index in [1.807, 2.05) is 6.07 Å². The summed E-state index contributed by atoms with van der Waals surface area (Å²) in [6.07, 6.45) is 3.79. The Morgan fingerprint density at radius 2 is 2.04 bits per heavy atom. The number of benzene rings is 2. The quantitative estimate of drug-likeness (QED) is 0.715. The van der Waals surface area contributed by atoms with Crippen LogP contribution in [0.25, 0.3) is 0 Å². The minimum Gasteiger partial charge on any atom is -0.492 e. The normalized spacial score (nSPS) is 15.3. The Morgan fingerprint density at radius 3 is 2.82 bits per heavy atom. The van der Waals surface area contributed by atoms with E-state index in [4.69, 9.17) is 4.74 Å². The Kier molecular flexibility index (Phi) is 4.84. The fourth-order valence-electron chi connectivity index (χ4n) is 3.08. The Hall–Kier alpha value is -3.55. The van der Waals surface area contributed by atoms with Crippen molar-refractivity contribution in [1.29, 1.82) is 0 Å². The number of carbonyl (C=O) groups is 1. The summed E-state index contributed by atoms with van der Waals surface area (Å²) in [5, 5.41) is 5.89. The monoisotopic (exact) mass is 382 g/mol. The van der Waals surface area contributed by atoms with Gasteiger partial charge in [-0.2, -0.15) is 0 Å². The number of anilines is 2. The molecule has 3 aromatic rings. The second kappa shape index (κ2) is 7.59. The zero-order valence-corrected chi connectivity index (χ0v) is 14.7. The number of amides is 1. The maximum Gasteiger partial charge on any atom is 0.259 e. The van der Waals surface area contributed by atoms with Crippen LogP contribution in [0.1, 0.15) is 28.4 Å². The number of rotatable bonds is 4. The van der Waals surface area contributed by atoms with Gasteiger partial charge in [-0.05, 0) is 24.3 Å². The van der Waals surface area contributed by atoms with E-state index in [1.54, 1.807) is 24.4 Å². The molecule has 142 valence electrons. The van der Waals surface area contributed by atoms with Gasteiger partial charge in [-0.3, -0.25) is 4.79 Å². The van der Waals surface area contributed by atoms with Gasteiger partial charge in [0.15, 0.2) is 11.6 Å². The minimum absolute atomic E-state index is 0.0883. The van der Waals surface area contributed by atoms with Gasteiger partial charge in [0.05, 0.1) is 18.2 Å². The van der Waals surface area contributed by atoms with E-state index >= 15 is 0 Å². The van der Waals surface area contributed by atoms with E-state index < -0.39 is 17.5 Å². The molecular weight excluding hydrogens is 366 g/mol. The van der Waals surface area contributed by atoms with E-state index in [1.165, 1.54) is 12.4 Å². The summed E-state index contributed by atoms with van der Waals surface area (Å²) < 4.78 is 32.2. The third kappa shape index (κ3) is 3.62. The van der Waals surface area contributed by atoms with Crippen molar-refractivity contribution in [3.63, 3.8) is 0 Å². The molecule has 0 bridgehead atoms. The number of para-hydroxylation sites is 1. The van der Waals surface area contributed by atoms with E-state index in [-0.39, 0.29) is 11.7 Å². The van der Waals surface area contributed by atoms with Gasteiger partial charge in [0.1, 0.15) is 17.9 Å². The summed E-state index contributed by atoms with van der Waals surface area (Å²) in [6.45, 7) is 0.422. The molecule has 1 aliphatic heterocycles. The molecular formula is C20H16F2N4O2. The molecule has 1 atom stereocenters. The third-order valence-electron chi connectivity index (χ3n) is 4.40. The van der Waals surface area contributed by atoms with Crippen LogP contribution in [0, 0.1) is 11.6 Å². The SMILES string of the molecule is O=C(Nc1ccc(F)c(F)c1)c1cccc2c1OCCC2Nc1ccncn1. The number of halogens is 2. The second-order valence-electron chi connectivity index (χ2n) is 6.24. The molecule has 6 nitrogen and oxygen atoms in total. The van der Waals surface area contributed by atoms with Crippen LogP contribution in [-0.2, 0) is 0 Å². The first kappa shape index (κ1) is 17.8. The van der Waals surface area contributed by atoms with Crippen LogP contribution in [0.15, 0.2) is 55.0 Å². The fraction of sp³-hybridized carbons (Fsp3) is 0.150. The van der Waals surface area contributed by atoms with E-state index in [9.17, 15) is 13.6 Å². The van der Waals surface area contributed by atoms with Crippen LogP contribution < -0.4 is 15.4 Å². The number of fused-ring (bicyclic) bond motifs is 1. The average Bonchev–Trinajstić information content (AvgIpc) is 2.71. The Balaban J connectivity index is 1.60. The standard InChI is InChI=1S/C20H16F2N4O2/c21-15-5-4-12(10-16(15)22)25-20(27)14-3-1-2-13-17(7-9-28-19(13)14)26-18-6-8-23-11-24-18/h1-6,8,10-11,17H,7,9H2,(H,25,27)(H,23,24,26). The highest BCUT2D eigenvalue weighted by Crippen LogP contribution is 2.37. The molecule has 1 aliphatic rings. The maximum atomic E-state index is 13.4. The fourth-order valence-corrected chi connectivity index (χ4v) is 3.08. The summed E-state index contributed by atoms with van der Waals surface area (Å²) in [7, 11) is 0. The predicted octanol–water partition coefficient (Wildman–Crippen LogP) is 3.94. The molecule has 0 aliphatic carbocycles. The van der Waals surface area contributed by atoms with Crippen molar-refractivity contribution in [3.8, 4) is 5.75 Å². The third-order valence-corrected chi connectivity index (χ3v) is 4.40. The smallest absolute Gasteiger partial charge is 0.259 e. The molecule has 0 saturated carbocycles. The van der Waals surface area contributed by atoms with Crippen LogP contribution in [0.3, 0.4) is 0 Å². The Morgan fingerprint density at radius 1 is 1.14 bits per heavy atom. The highest BCUT2D eigenvalue weighted by molar-refractivity contribution is 6.06. The summed E-state index contributed by atoms with van der Waals surface area (Å²) in [5.41, 5.74) is 1.30. The zero-order valence-electron chi connectivity index (χ0n) is 14.7. The summed E-state index contributed by atoms with van der Waals surface area (Å²) >= 11 is 0. The van der Waals surface area contributed by atoms with Gasteiger partial charge in [0.2, 0.25) is 0 Å². The van der Waals surface area contributed by atoms with E-state index in [2.05, 4.69) is 20.6 Å². The van der Waals surface area contributed by atoms with Gasteiger partial charge in [0.25, 0.3) is 5.91 Å². The van der Waals surface area contributed by atoms with Crippen molar-refractivity contribution in [2.75, 3.05) is 17.2 Å². The lowest BCUT2D eigenvalue weighted by Crippen LogP contribution is -2.23. The molecule has 0 saturated heterocycles. The molecule has 2 heterocycles. The number of carbonyl (C=O) groups excluding carboxylic acids is 1. The lowest BCUT2D eigenvalue weighted by molar-refractivity contribution is 0.102. The molecule has 0 radical (unpaired) electrons.